The van der Waals surface area contributed by atoms with Gasteiger partial charge < -0.3 is 4.42 Å². The minimum Gasteiger partial charge on any atom is -0.422 e. The summed E-state index contributed by atoms with van der Waals surface area (Å²) in [6.07, 6.45) is 1.41. The van der Waals surface area contributed by atoms with Crippen molar-refractivity contribution in [2.24, 2.45) is 5.10 Å². The Kier molecular flexibility index (Phi) is 5.86. The summed E-state index contributed by atoms with van der Waals surface area (Å²) in [5.41, 5.74) is 0.666. The van der Waals surface area contributed by atoms with Gasteiger partial charge in [0.25, 0.3) is 5.91 Å². The van der Waals surface area contributed by atoms with Gasteiger partial charge in [0.05, 0.1) is 16.4 Å². The van der Waals surface area contributed by atoms with E-state index in [4.69, 9.17) is 4.42 Å². The molecule has 6 aromatic rings. The number of hydrogen-bond donors (Lipinski definition) is 0. The highest BCUT2D eigenvalue weighted by molar-refractivity contribution is 9.10. The number of aromatic nitrogens is 1. The molecule has 0 radical (unpaired) electrons. The van der Waals surface area contributed by atoms with Crippen molar-refractivity contribution in [2.75, 3.05) is 5.01 Å². The van der Waals surface area contributed by atoms with Crippen LogP contribution in [-0.4, -0.2) is 17.1 Å². The lowest BCUT2D eigenvalue weighted by Crippen LogP contribution is -2.30. The van der Waals surface area contributed by atoms with Gasteiger partial charge in [0.15, 0.2) is 0 Å². The lowest BCUT2D eigenvalue weighted by Gasteiger charge is -2.13. The Hall–Kier alpha value is -4.21. The maximum absolute atomic E-state index is 13.8. The summed E-state index contributed by atoms with van der Waals surface area (Å²) in [4.78, 5) is 31.3. The van der Waals surface area contributed by atoms with Crippen molar-refractivity contribution < 1.29 is 13.6 Å². The maximum atomic E-state index is 13.8. The van der Waals surface area contributed by atoms with Crippen molar-refractivity contribution in [3.05, 3.63) is 117 Å². The summed E-state index contributed by atoms with van der Waals surface area (Å²) >= 11 is 4.70. The first-order chi connectivity index (χ1) is 18.0. The quantitative estimate of drug-likeness (QED) is 0.0975. The smallest absolute Gasteiger partial charge is 0.349 e. The SMILES string of the molecule is O=C(c1cc2c(ccc3ccccc32)oc1=O)N(/N=C/c1ccc(F)cc1)c1nc2ccc(Br)cc2s1. The number of fused-ring (bicyclic) bond motifs is 4. The van der Waals surface area contributed by atoms with Gasteiger partial charge in [-0.05, 0) is 58.8 Å². The van der Waals surface area contributed by atoms with E-state index in [2.05, 4.69) is 26.0 Å². The number of rotatable bonds is 4. The number of anilines is 1. The first-order valence-corrected chi connectivity index (χ1v) is 12.7. The standard InChI is InChI=1S/C28H15BrFN3O3S/c29-18-8-11-23-25(13-18)37-28(32-23)33(31-15-16-5-9-19(30)10-6-16)26(34)22-14-21-20-4-2-1-3-17(20)7-12-24(21)36-27(22)35/h1-15H/b31-15+. The second-order valence-electron chi connectivity index (χ2n) is 8.17. The molecule has 0 unspecified atom stereocenters. The second kappa shape index (κ2) is 9.34. The van der Waals surface area contributed by atoms with Gasteiger partial charge in [0, 0.05) is 9.86 Å². The molecule has 0 aliphatic heterocycles. The van der Waals surface area contributed by atoms with E-state index in [1.165, 1.54) is 47.9 Å². The summed E-state index contributed by atoms with van der Waals surface area (Å²) in [6.45, 7) is 0. The minimum absolute atomic E-state index is 0.180. The molecule has 0 saturated heterocycles. The topological polar surface area (TPSA) is 75.8 Å². The van der Waals surface area contributed by atoms with Gasteiger partial charge in [-0.15, -0.1) is 0 Å². The van der Waals surface area contributed by atoms with Crippen molar-refractivity contribution in [2.45, 2.75) is 0 Å². The number of nitrogens with zero attached hydrogens (tertiary/aromatic N) is 3. The van der Waals surface area contributed by atoms with Crippen molar-refractivity contribution in [3.63, 3.8) is 0 Å². The molecule has 0 aliphatic rings. The first-order valence-electron chi connectivity index (χ1n) is 11.1. The number of hydrazone groups is 1. The maximum Gasteiger partial charge on any atom is 0.349 e. The van der Waals surface area contributed by atoms with Crippen LogP contribution >= 0.6 is 27.3 Å². The highest BCUT2D eigenvalue weighted by atomic mass is 79.9. The Bertz CT molecular complexity index is 1910. The van der Waals surface area contributed by atoms with Crippen LogP contribution in [-0.2, 0) is 0 Å². The van der Waals surface area contributed by atoms with E-state index in [1.807, 2.05) is 48.5 Å². The van der Waals surface area contributed by atoms with Crippen LogP contribution in [0.3, 0.4) is 0 Å². The zero-order valence-corrected chi connectivity index (χ0v) is 21.3. The van der Waals surface area contributed by atoms with E-state index in [-0.39, 0.29) is 16.5 Å². The number of benzene rings is 4. The average Bonchev–Trinajstić information content (AvgIpc) is 3.32. The third kappa shape index (κ3) is 4.43. The average molecular weight is 572 g/mol. The molecule has 0 saturated carbocycles. The van der Waals surface area contributed by atoms with Crippen LogP contribution in [0.5, 0.6) is 0 Å². The van der Waals surface area contributed by atoms with Crippen LogP contribution in [0.25, 0.3) is 32.0 Å². The zero-order valence-electron chi connectivity index (χ0n) is 18.9. The van der Waals surface area contributed by atoms with Crippen molar-refractivity contribution in [1.82, 2.24) is 4.98 Å². The molecule has 2 heterocycles. The van der Waals surface area contributed by atoms with Crippen LogP contribution in [0, 0.1) is 5.82 Å². The lowest BCUT2D eigenvalue weighted by molar-refractivity contribution is 0.0984. The van der Waals surface area contributed by atoms with Crippen LogP contribution in [0.4, 0.5) is 9.52 Å². The van der Waals surface area contributed by atoms with Crippen LogP contribution < -0.4 is 10.6 Å². The van der Waals surface area contributed by atoms with Gasteiger partial charge in [-0.3, -0.25) is 4.79 Å². The third-order valence-corrected chi connectivity index (χ3v) is 7.26. The number of carbonyl (C=O) groups excluding carboxylic acids is 1. The number of hydrogen-bond acceptors (Lipinski definition) is 6. The van der Waals surface area contributed by atoms with E-state index in [9.17, 15) is 14.0 Å². The fraction of sp³-hybridized carbons (Fsp3) is 0. The number of amides is 1. The lowest BCUT2D eigenvalue weighted by atomic mass is 10.0. The molecule has 0 atom stereocenters. The molecule has 4 aromatic carbocycles. The van der Waals surface area contributed by atoms with E-state index in [0.717, 1.165) is 25.0 Å². The van der Waals surface area contributed by atoms with E-state index < -0.39 is 11.5 Å². The summed E-state index contributed by atoms with van der Waals surface area (Å²) in [7, 11) is 0. The fourth-order valence-electron chi connectivity index (χ4n) is 3.97. The molecule has 0 spiro atoms. The molecule has 0 bridgehead atoms. The summed E-state index contributed by atoms with van der Waals surface area (Å²) < 4.78 is 20.6. The van der Waals surface area contributed by atoms with Crippen molar-refractivity contribution in [3.8, 4) is 0 Å². The Morgan fingerprint density at radius 3 is 2.65 bits per heavy atom. The fourth-order valence-corrected chi connectivity index (χ4v) is 5.45. The van der Waals surface area contributed by atoms with Crippen LogP contribution in [0.15, 0.2) is 104 Å². The molecular formula is C28H15BrFN3O3S. The molecule has 6 rings (SSSR count). The van der Waals surface area contributed by atoms with Crippen LogP contribution in [0.2, 0.25) is 0 Å². The molecule has 37 heavy (non-hydrogen) atoms. The molecule has 2 aromatic heterocycles. The Morgan fingerprint density at radius 1 is 1.00 bits per heavy atom. The highest BCUT2D eigenvalue weighted by Crippen LogP contribution is 2.32. The monoisotopic (exact) mass is 571 g/mol. The first kappa shape index (κ1) is 23.2. The van der Waals surface area contributed by atoms with Gasteiger partial charge in [0.2, 0.25) is 5.13 Å². The second-order valence-corrected chi connectivity index (χ2v) is 10.1. The molecule has 0 aliphatic carbocycles. The minimum atomic E-state index is -0.779. The molecule has 0 fully saturated rings. The van der Waals surface area contributed by atoms with Gasteiger partial charge in [0.1, 0.15) is 17.0 Å². The highest BCUT2D eigenvalue weighted by Gasteiger charge is 2.25. The Labute approximate surface area is 221 Å². The predicted octanol–water partition coefficient (Wildman–Crippen LogP) is 7.14. The van der Waals surface area contributed by atoms with Gasteiger partial charge >= 0.3 is 5.63 Å². The molecule has 9 heteroatoms. The predicted molar refractivity (Wildman–Crippen MR) is 148 cm³/mol. The van der Waals surface area contributed by atoms with E-state index >= 15 is 0 Å². The molecule has 6 nitrogen and oxygen atoms in total. The molecule has 0 N–H and O–H groups in total. The van der Waals surface area contributed by atoms with Crippen LogP contribution in [0.1, 0.15) is 15.9 Å². The third-order valence-electron chi connectivity index (χ3n) is 5.78. The summed E-state index contributed by atoms with van der Waals surface area (Å²) in [6, 6.07) is 24.0. The Morgan fingerprint density at radius 2 is 1.81 bits per heavy atom. The van der Waals surface area contributed by atoms with E-state index in [1.54, 1.807) is 6.07 Å². The largest absolute Gasteiger partial charge is 0.422 e. The number of carbonyl (C=O) groups is 1. The number of halogens is 2. The van der Waals surface area contributed by atoms with Gasteiger partial charge in [-0.1, -0.05) is 69.7 Å². The van der Waals surface area contributed by atoms with E-state index in [0.29, 0.717) is 22.0 Å². The molecule has 180 valence electrons. The van der Waals surface area contributed by atoms with Crippen molar-refractivity contribution >= 4 is 76.5 Å². The molecule has 1 amide bonds. The summed E-state index contributed by atoms with van der Waals surface area (Å²) in [5, 5.41) is 8.15. The molecular weight excluding hydrogens is 557 g/mol. The Balaban J connectivity index is 1.50. The zero-order chi connectivity index (χ0) is 25.5. The normalized spacial score (nSPS) is 11.6. The van der Waals surface area contributed by atoms with Gasteiger partial charge in [-0.25, -0.2) is 14.2 Å². The van der Waals surface area contributed by atoms with Gasteiger partial charge in [-0.2, -0.15) is 10.1 Å². The van der Waals surface area contributed by atoms with Crippen molar-refractivity contribution in [1.29, 1.82) is 0 Å². The number of thiazole rings is 1. The summed E-state index contributed by atoms with van der Waals surface area (Å²) in [5.74, 6) is -1.08.